The zero-order chi connectivity index (χ0) is 10.1. The van der Waals surface area contributed by atoms with E-state index in [9.17, 15) is 0 Å². The fourth-order valence-electron chi connectivity index (χ4n) is 1.30. The molecular weight excluding hydrogens is 176 g/mol. The lowest BCUT2D eigenvalue weighted by Gasteiger charge is -2.02. The summed E-state index contributed by atoms with van der Waals surface area (Å²) in [5.41, 5.74) is 8.55. The van der Waals surface area contributed by atoms with Crippen LogP contribution in [0.1, 0.15) is 11.3 Å². The summed E-state index contributed by atoms with van der Waals surface area (Å²) < 4.78 is 0. The minimum Gasteiger partial charge on any atom is -0.398 e. The monoisotopic (exact) mass is 184 g/mol. The summed E-state index contributed by atoms with van der Waals surface area (Å²) in [5, 5.41) is 8.91. The first-order chi connectivity index (χ1) is 6.72. The number of aromatic nitrogens is 2. The Balaban J connectivity index is 2.93. The van der Waals surface area contributed by atoms with E-state index in [1.54, 1.807) is 18.3 Å². The van der Waals surface area contributed by atoms with Crippen LogP contribution in [0.5, 0.6) is 0 Å². The standard InChI is InChI=1S/C10H8N4/c1-6-5-13-9-3-2-8(12)7(4-11)10(9)14-6/h2-3,5H,12H2,1H3. The van der Waals surface area contributed by atoms with Gasteiger partial charge in [-0.25, -0.2) is 4.98 Å². The Morgan fingerprint density at radius 2 is 2.21 bits per heavy atom. The molecule has 0 aliphatic rings. The van der Waals surface area contributed by atoms with Crippen LogP contribution < -0.4 is 5.73 Å². The van der Waals surface area contributed by atoms with Gasteiger partial charge in [-0.2, -0.15) is 5.26 Å². The molecule has 0 atom stereocenters. The predicted molar refractivity (Wildman–Crippen MR) is 53.4 cm³/mol. The molecule has 4 heteroatoms. The first-order valence-corrected chi connectivity index (χ1v) is 4.14. The predicted octanol–water partition coefficient (Wildman–Crippen LogP) is 1.39. The number of nitrogen functional groups attached to an aromatic ring is 1. The highest BCUT2D eigenvalue weighted by Gasteiger charge is 2.06. The van der Waals surface area contributed by atoms with E-state index in [0.717, 1.165) is 5.69 Å². The average Bonchev–Trinajstić information content (AvgIpc) is 2.17. The number of hydrogen-bond acceptors (Lipinski definition) is 4. The van der Waals surface area contributed by atoms with Crippen LogP contribution in [-0.2, 0) is 0 Å². The molecule has 0 saturated heterocycles. The van der Waals surface area contributed by atoms with Gasteiger partial charge in [-0.3, -0.25) is 4.98 Å². The van der Waals surface area contributed by atoms with E-state index in [0.29, 0.717) is 22.3 Å². The molecule has 0 aliphatic carbocycles. The van der Waals surface area contributed by atoms with Crippen molar-refractivity contribution in [3.8, 4) is 6.07 Å². The zero-order valence-corrected chi connectivity index (χ0v) is 7.65. The van der Waals surface area contributed by atoms with Gasteiger partial charge in [0.25, 0.3) is 0 Å². The first-order valence-electron chi connectivity index (χ1n) is 4.14. The maximum atomic E-state index is 8.91. The number of aryl methyl sites for hydroxylation is 1. The van der Waals surface area contributed by atoms with Gasteiger partial charge in [0.15, 0.2) is 0 Å². The minimum atomic E-state index is 0.402. The molecule has 1 aromatic heterocycles. The maximum Gasteiger partial charge on any atom is 0.109 e. The highest BCUT2D eigenvalue weighted by atomic mass is 14.8. The molecule has 2 N–H and O–H groups in total. The van der Waals surface area contributed by atoms with E-state index < -0.39 is 0 Å². The molecule has 2 aromatic rings. The average molecular weight is 184 g/mol. The van der Waals surface area contributed by atoms with Crippen molar-refractivity contribution in [2.75, 3.05) is 5.73 Å². The van der Waals surface area contributed by atoms with Crippen molar-refractivity contribution in [1.29, 1.82) is 5.26 Å². The zero-order valence-electron chi connectivity index (χ0n) is 7.65. The third kappa shape index (κ3) is 1.15. The topological polar surface area (TPSA) is 75.6 Å². The molecule has 0 amide bonds. The van der Waals surface area contributed by atoms with Gasteiger partial charge in [-0.15, -0.1) is 0 Å². The molecule has 0 radical (unpaired) electrons. The van der Waals surface area contributed by atoms with Crippen molar-refractivity contribution in [2.45, 2.75) is 6.92 Å². The summed E-state index contributed by atoms with van der Waals surface area (Å²) in [6.07, 6.45) is 1.67. The summed E-state index contributed by atoms with van der Waals surface area (Å²) in [5.74, 6) is 0. The molecule has 1 heterocycles. The number of nitrogens with two attached hydrogens (primary N) is 1. The van der Waals surface area contributed by atoms with Crippen LogP contribution in [0.25, 0.3) is 11.0 Å². The maximum absolute atomic E-state index is 8.91. The van der Waals surface area contributed by atoms with E-state index in [1.165, 1.54) is 0 Å². The molecule has 14 heavy (non-hydrogen) atoms. The van der Waals surface area contributed by atoms with Gasteiger partial charge in [-0.1, -0.05) is 0 Å². The second-order valence-electron chi connectivity index (χ2n) is 3.02. The molecule has 2 rings (SSSR count). The Kier molecular flexibility index (Phi) is 1.79. The lowest BCUT2D eigenvalue weighted by Crippen LogP contribution is -1.95. The minimum absolute atomic E-state index is 0.402. The van der Waals surface area contributed by atoms with Crippen molar-refractivity contribution in [2.24, 2.45) is 0 Å². The molecule has 0 spiro atoms. The van der Waals surface area contributed by atoms with E-state index in [-0.39, 0.29) is 0 Å². The highest BCUT2D eigenvalue weighted by Crippen LogP contribution is 2.20. The van der Waals surface area contributed by atoms with Crippen molar-refractivity contribution in [1.82, 2.24) is 9.97 Å². The SMILES string of the molecule is Cc1cnc2ccc(N)c(C#N)c2n1. The number of hydrogen-bond donors (Lipinski definition) is 1. The number of anilines is 1. The summed E-state index contributed by atoms with van der Waals surface area (Å²) in [4.78, 5) is 8.40. The number of fused-ring (bicyclic) bond motifs is 1. The smallest absolute Gasteiger partial charge is 0.109 e. The van der Waals surface area contributed by atoms with Gasteiger partial charge < -0.3 is 5.73 Å². The van der Waals surface area contributed by atoms with E-state index in [2.05, 4.69) is 9.97 Å². The van der Waals surface area contributed by atoms with Gasteiger partial charge in [0.2, 0.25) is 0 Å². The molecule has 0 fully saturated rings. The molecule has 4 nitrogen and oxygen atoms in total. The Morgan fingerprint density at radius 3 is 2.93 bits per heavy atom. The van der Waals surface area contributed by atoms with Crippen LogP contribution in [0.15, 0.2) is 18.3 Å². The largest absolute Gasteiger partial charge is 0.398 e. The van der Waals surface area contributed by atoms with E-state index >= 15 is 0 Å². The molecule has 0 unspecified atom stereocenters. The van der Waals surface area contributed by atoms with Crippen LogP contribution >= 0.6 is 0 Å². The Labute approximate surface area is 81.0 Å². The van der Waals surface area contributed by atoms with Gasteiger partial charge in [0.1, 0.15) is 17.1 Å². The Morgan fingerprint density at radius 1 is 1.43 bits per heavy atom. The van der Waals surface area contributed by atoms with E-state index in [4.69, 9.17) is 11.0 Å². The Hall–Kier alpha value is -2.15. The summed E-state index contributed by atoms with van der Waals surface area (Å²) in [6, 6.07) is 5.47. The van der Waals surface area contributed by atoms with Crippen LogP contribution in [0.4, 0.5) is 5.69 Å². The molecule has 1 aromatic carbocycles. The molecule has 0 saturated carbocycles. The number of nitrogens with zero attached hydrogens (tertiary/aromatic N) is 3. The van der Waals surface area contributed by atoms with Crippen LogP contribution in [0.2, 0.25) is 0 Å². The third-order valence-corrected chi connectivity index (χ3v) is 1.98. The van der Waals surface area contributed by atoms with Crippen LogP contribution in [-0.4, -0.2) is 9.97 Å². The van der Waals surface area contributed by atoms with Gasteiger partial charge >= 0.3 is 0 Å². The lowest BCUT2D eigenvalue weighted by molar-refractivity contribution is 1.18. The normalized spacial score (nSPS) is 10.0. The van der Waals surface area contributed by atoms with Gasteiger partial charge in [-0.05, 0) is 19.1 Å². The lowest BCUT2D eigenvalue weighted by atomic mass is 10.1. The van der Waals surface area contributed by atoms with Crippen LogP contribution in [0, 0.1) is 18.3 Å². The number of nitriles is 1. The Bertz CT molecular complexity index is 534. The third-order valence-electron chi connectivity index (χ3n) is 1.98. The quantitative estimate of drug-likeness (QED) is 0.628. The van der Waals surface area contributed by atoms with Crippen molar-refractivity contribution in [3.05, 3.63) is 29.6 Å². The molecular formula is C10H8N4. The van der Waals surface area contributed by atoms with Gasteiger partial charge in [0, 0.05) is 6.20 Å². The molecule has 0 bridgehead atoms. The van der Waals surface area contributed by atoms with Crippen LogP contribution in [0.3, 0.4) is 0 Å². The van der Waals surface area contributed by atoms with Crippen molar-refractivity contribution < 1.29 is 0 Å². The molecule has 68 valence electrons. The summed E-state index contributed by atoms with van der Waals surface area (Å²) in [6.45, 7) is 1.83. The number of benzene rings is 1. The first kappa shape index (κ1) is 8.45. The summed E-state index contributed by atoms with van der Waals surface area (Å²) >= 11 is 0. The molecule has 0 aliphatic heterocycles. The highest BCUT2D eigenvalue weighted by molar-refractivity contribution is 5.86. The fraction of sp³-hybridized carbons (Fsp3) is 0.100. The van der Waals surface area contributed by atoms with Crippen molar-refractivity contribution in [3.63, 3.8) is 0 Å². The van der Waals surface area contributed by atoms with E-state index in [1.807, 2.05) is 13.0 Å². The second-order valence-corrected chi connectivity index (χ2v) is 3.02. The number of rotatable bonds is 0. The fourth-order valence-corrected chi connectivity index (χ4v) is 1.30. The van der Waals surface area contributed by atoms with Gasteiger partial charge in [0.05, 0.1) is 16.9 Å². The van der Waals surface area contributed by atoms with Crippen molar-refractivity contribution >= 4 is 16.7 Å². The second kappa shape index (κ2) is 2.96. The summed E-state index contributed by atoms with van der Waals surface area (Å²) in [7, 11) is 0.